The highest BCUT2D eigenvalue weighted by molar-refractivity contribution is 7.98. The molecule has 16 heavy (non-hydrogen) atoms. The first kappa shape index (κ1) is 14.3. The summed E-state index contributed by atoms with van der Waals surface area (Å²) in [4.78, 5) is 2.46. The number of ether oxygens (including phenoxy) is 1. The van der Waals surface area contributed by atoms with Gasteiger partial charge in [0.2, 0.25) is 0 Å². The van der Waals surface area contributed by atoms with Crippen LogP contribution in [-0.4, -0.2) is 54.8 Å². The van der Waals surface area contributed by atoms with E-state index in [4.69, 9.17) is 10.5 Å². The van der Waals surface area contributed by atoms with Crippen LogP contribution >= 0.6 is 11.8 Å². The van der Waals surface area contributed by atoms with Crippen molar-refractivity contribution in [1.29, 1.82) is 0 Å². The van der Waals surface area contributed by atoms with Gasteiger partial charge in [-0.25, -0.2) is 0 Å². The zero-order valence-corrected chi connectivity index (χ0v) is 11.8. The van der Waals surface area contributed by atoms with Crippen molar-refractivity contribution in [2.45, 2.75) is 44.4 Å². The molecule has 1 aliphatic carbocycles. The van der Waals surface area contributed by atoms with E-state index >= 15 is 0 Å². The van der Waals surface area contributed by atoms with Gasteiger partial charge in [-0.3, -0.25) is 4.90 Å². The molecule has 1 saturated carbocycles. The standard InChI is InChI=1S/C12H26N2OS/c1-5-15-11-6-12(7-11,9-13)14(3)10(2)8-16-4/h10-11H,5-9,13H2,1-4H3. The summed E-state index contributed by atoms with van der Waals surface area (Å²) in [5, 5.41) is 0. The van der Waals surface area contributed by atoms with Gasteiger partial charge in [0.05, 0.1) is 6.10 Å². The third-order valence-electron chi connectivity index (χ3n) is 3.81. The van der Waals surface area contributed by atoms with E-state index in [1.165, 1.54) is 0 Å². The van der Waals surface area contributed by atoms with Gasteiger partial charge in [0.25, 0.3) is 0 Å². The first-order valence-electron chi connectivity index (χ1n) is 6.13. The topological polar surface area (TPSA) is 38.5 Å². The Kier molecular flexibility index (Phi) is 5.57. The average molecular weight is 246 g/mol. The molecule has 1 atom stereocenters. The highest BCUT2D eigenvalue weighted by Gasteiger charge is 2.47. The molecule has 0 aromatic heterocycles. The Labute approximate surface area is 104 Å². The van der Waals surface area contributed by atoms with Gasteiger partial charge >= 0.3 is 0 Å². The van der Waals surface area contributed by atoms with Crippen molar-refractivity contribution in [3.63, 3.8) is 0 Å². The van der Waals surface area contributed by atoms with E-state index in [2.05, 4.69) is 32.1 Å². The predicted molar refractivity (Wildman–Crippen MR) is 72.0 cm³/mol. The van der Waals surface area contributed by atoms with Crippen LogP contribution < -0.4 is 5.73 Å². The third kappa shape index (κ3) is 2.92. The number of rotatable bonds is 7. The Balaban J connectivity index is 2.49. The molecule has 2 N–H and O–H groups in total. The maximum atomic E-state index is 5.96. The van der Waals surface area contributed by atoms with Crippen LogP contribution in [0.3, 0.4) is 0 Å². The molecule has 1 aliphatic rings. The maximum absolute atomic E-state index is 5.96. The van der Waals surface area contributed by atoms with Crippen molar-refractivity contribution in [2.24, 2.45) is 5.73 Å². The van der Waals surface area contributed by atoms with Crippen molar-refractivity contribution < 1.29 is 4.74 Å². The summed E-state index contributed by atoms with van der Waals surface area (Å²) >= 11 is 1.90. The second-order valence-corrected chi connectivity index (χ2v) is 5.74. The molecule has 1 rings (SSSR count). The molecule has 0 heterocycles. The first-order valence-corrected chi connectivity index (χ1v) is 7.52. The molecule has 0 spiro atoms. The van der Waals surface area contributed by atoms with E-state index in [9.17, 15) is 0 Å². The highest BCUT2D eigenvalue weighted by atomic mass is 32.2. The number of hydrogen-bond acceptors (Lipinski definition) is 4. The predicted octanol–water partition coefficient (Wildman–Crippen LogP) is 1.57. The molecule has 0 bridgehead atoms. The largest absolute Gasteiger partial charge is 0.378 e. The highest BCUT2D eigenvalue weighted by Crippen LogP contribution is 2.39. The Bertz CT molecular complexity index is 207. The van der Waals surface area contributed by atoms with E-state index in [1.807, 2.05) is 11.8 Å². The summed E-state index contributed by atoms with van der Waals surface area (Å²) in [7, 11) is 2.20. The third-order valence-corrected chi connectivity index (χ3v) is 4.63. The minimum atomic E-state index is 0.189. The molecule has 0 aliphatic heterocycles. The zero-order chi connectivity index (χ0) is 12.2. The van der Waals surface area contributed by atoms with Crippen LogP contribution in [0.5, 0.6) is 0 Å². The Hall–Kier alpha value is 0.230. The second-order valence-electron chi connectivity index (χ2n) is 4.83. The van der Waals surface area contributed by atoms with Gasteiger partial charge in [0.1, 0.15) is 0 Å². The molecule has 4 heteroatoms. The Morgan fingerprint density at radius 3 is 2.62 bits per heavy atom. The van der Waals surface area contributed by atoms with Crippen LogP contribution in [0.4, 0.5) is 0 Å². The Morgan fingerprint density at radius 1 is 1.56 bits per heavy atom. The summed E-state index contributed by atoms with van der Waals surface area (Å²) in [6.45, 7) is 5.89. The first-order chi connectivity index (χ1) is 7.59. The molecule has 0 radical (unpaired) electrons. The summed E-state index contributed by atoms with van der Waals surface area (Å²) in [6.07, 6.45) is 4.76. The van der Waals surface area contributed by atoms with E-state index in [1.54, 1.807) is 0 Å². The second kappa shape index (κ2) is 6.24. The number of nitrogens with zero attached hydrogens (tertiary/aromatic N) is 1. The Morgan fingerprint density at radius 2 is 2.19 bits per heavy atom. The van der Waals surface area contributed by atoms with Crippen molar-refractivity contribution in [3.05, 3.63) is 0 Å². The lowest BCUT2D eigenvalue weighted by Crippen LogP contribution is -2.65. The van der Waals surface area contributed by atoms with E-state index in [-0.39, 0.29) is 5.54 Å². The van der Waals surface area contributed by atoms with Crippen LogP contribution in [0.1, 0.15) is 26.7 Å². The van der Waals surface area contributed by atoms with Crippen LogP contribution in [-0.2, 0) is 4.74 Å². The van der Waals surface area contributed by atoms with Crippen molar-refractivity contribution in [2.75, 3.05) is 32.2 Å². The van der Waals surface area contributed by atoms with Crippen LogP contribution in [0.2, 0.25) is 0 Å². The van der Waals surface area contributed by atoms with Crippen LogP contribution in [0.25, 0.3) is 0 Å². The molecule has 0 amide bonds. The number of nitrogens with two attached hydrogens (primary N) is 1. The van der Waals surface area contributed by atoms with Crippen LogP contribution in [0, 0.1) is 0 Å². The molecular weight excluding hydrogens is 220 g/mol. The molecule has 1 fully saturated rings. The number of thioether (sulfide) groups is 1. The van der Waals surface area contributed by atoms with Gasteiger partial charge in [0, 0.05) is 30.5 Å². The molecular formula is C12H26N2OS. The monoisotopic (exact) mass is 246 g/mol. The fourth-order valence-corrected chi connectivity index (χ4v) is 3.27. The lowest BCUT2D eigenvalue weighted by atomic mass is 9.72. The van der Waals surface area contributed by atoms with E-state index in [0.29, 0.717) is 12.1 Å². The summed E-state index contributed by atoms with van der Waals surface area (Å²) in [5.41, 5.74) is 6.15. The lowest BCUT2D eigenvalue weighted by molar-refractivity contribution is -0.0998. The fourth-order valence-electron chi connectivity index (χ4n) is 2.56. The van der Waals surface area contributed by atoms with Crippen LogP contribution in [0.15, 0.2) is 0 Å². The van der Waals surface area contributed by atoms with Gasteiger partial charge in [-0.15, -0.1) is 0 Å². The SMILES string of the molecule is CCOC1CC(CN)(N(C)C(C)CSC)C1. The van der Waals surface area contributed by atoms with Gasteiger partial charge in [-0.05, 0) is 40.0 Å². The van der Waals surface area contributed by atoms with E-state index in [0.717, 1.165) is 31.7 Å². The van der Waals surface area contributed by atoms with Crippen molar-refractivity contribution in [1.82, 2.24) is 4.90 Å². The van der Waals surface area contributed by atoms with Gasteiger partial charge in [-0.1, -0.05) is 0 Å². The van der Waals surface area contributed by atoms with Crippen molar-refractivity contribution >= 4 is 11.8 Å². The maximum Gasteiger partial charge on any atom is 0.0611 e. The summed E-state index contributed by atoms with van der Waals surface area (Å²) in [5.74, 6) is 1.16. The normalized spacial score (nSPS) is 31.5. The van der Waals surface area contributed by atoms with Gasteiger partial charge < -0.3 is 10.5 Å². The minimum Gasteiger partial charge on any atom is -0.378 e. The quantitative estimate of drug-likeness (QED) is 0.740. The smallest absolute Gasteiger partial charge is 0.0611 e. The molecule has 0 aromatic carbocycles. The summed E-state index contributed by atoms with van der Waals surface area (Å²) < 4.78 is 5.64. The van der Waals surface area contributed by atoms with Gasteiger partial charge in [-0.2, -0.15) is 11.8 Å². The number of hydrogen-bond donors (Lipinski definition) is 1. The molecule has 1 unspecified atom stereocenters. The van der Waals surface area contributed by atoms with E-state index < -0.39 is 0 Å². The average Bonchev–Trinajstić information content (AvgIpc) is 2.22. The van der Waals surface area contributed by atoms with Gasteiger partial charge in [0.15, 0.2) is 0 Å². The zero-order valence-electron chi connectivity index (χ0n) is 11.0. The molecule has 3 nitrogen and oxygen atoms in total. The lowest BCUT2D eigenvalue weighted by Gasteiger charge is -2.54. The minimum absolute atomic E-state index is 0.189. The molecule has 0 saturated heterocycles. The number of likely N-dealkylation sites (N-methyl/N-ethyl adjacent to an activating group) is 1. The van der Waals surface area contributed by atoms with Crippen molar-refractivity contribution in [3.8, 4) is 0 Å². The fraction of sp³-hybridized carbons (Fsp3) is 1.00. The molecule has 96 valence electrons. The summed E-state index contributed by atoms with van der Waals surface area (Å²) in [6, 6.07) is 0.584. The molecule has 0 aromatic rings.